The number of aromatic nitrogens is 1. The predicted molar refractivity (Wildman–Crippen MR) is 76.3 cm³/mol. The van der Waals surface area contributed by atoms with Crippen molar-refractivity contribution in [2.24, 2.45) is 0 Å². The average Bonchev–Trinajstić information content (AvgIpc) is 2.56. The van der Waals surface area contributed by atoms with Gasteiger partial charge < -0.3 is 0 Å². The van der Waals surface area contributed by atoms with Gasteiger partial charge >= 0.3 is 0 Å². The van der Waals surface area contributed by atoms with Gasteiger partial charge in [0.25, 0.3) is 0 Å². The second-order valence-electron chi connectivity index (χ2n) is 3.98. The number of hydrogen-bond acceptors (Lipinski definition) is 2. The fraction of sp³-hybridized carbons (Fsp3) is 0.312. The molecule has 18 heavy (non-hydrogen) atoms. The largest absolute Gasteiger partial charge is 0.298 e. The summed E-state index contributed by atoms with van der Waals surface area (Å²) in [5.74, 6) is 0. The molecule has 94 valence electrons. The molecule has 0 radical (unpaired) electrons. The van der Waals surface area contributed by atoms with Gasteiger partial charge in [-0.15, -0.1) is 0 Å². The predicted octanol–water partition coefficient (Wildman–Crippen LogP) is 3.59. The molecule has 1 aromatic carbocycles. The van der Waals surface area contributed by atoms with Crippen LogP contribution in [0.1, 0.15) is 26.4 Å². The first kappa shape index (κ1) is 7.70. The molecule has 0 atom stereocenters. The average molecular weight is 245 g/mol. The van der Waals surface area contributed by atoms with Gasteiger partial charge in [0.2, 0.25) is 0 Å². The van der Waals surface area contributed by atoms with Crippen LogP contribution in [0.5, 0.6) is 0 Å². The summed E-state index contributed by atoms with van der Waals surface area (Å²) in [6.07, 6.45) is 0. The van der Waals surface area contributed by atoms with Crippen LogP contribution in [-0.2, 0) is 6.54 Å². The van der Waals surface area contributed by atoms with Crippen LogP contribution in [0.25, 0.3) is 11.3 Å². The zero-order chi connectivity index (χ0) is 17.1. The van der Waals surface area contributed by atoms with E-state index in [4.69, 9.17) is 6.85 Å². The number of pyridine rings is 1. The van der Waals surface area contributed by atoms with Crippen LogP contribution in [-0.4, -0.2) is 23.0 Å². The number of benzene rings is 1. The van der Waals surface area contributed by atoms with Crippen molar-refractivity contribution in [1.29, 1.82) is 0 Å². The Bertz CT molecular complexity index is 685. The summed E-state index contributed by atoms with van der Waals surface area (Å²) in [5, 5.41) is 0. The Hall–Kier alpha value is -1.67. The lowest BCUT2D eigenvalue weighted by Gasteiger charge is -2.17. The molecule has 0 aliphatic rings. The summed E-state index contributed by atoms with van der Waals surface area (Å²) in [6, 6.07) is 3.88. The molecule has 2 rings (SSSR count). The van der Waals surface area contributed by atoms with Crippen LogP contribution in [0.4, 0.5) is 0 Å². The second-order valence-corrected chi connectivity index (χ2v) is 3.98. The van der Waals surface area contributed by atoms with E-state index in [2.05, 4.69) is 23.7 Å². The first-order chi connectivity index (χ1) is 10.9. The molecule has 1 heterocycles. The van der Waals surface area contributed by atoms with Crippen molar-refractivity contribution < 1.29 is 6.85 Å². The maximum absolute atomic E-state index is 8.03. The van der Waals surface area contributed by atoms with E-state index >= 15 is 0 Å². The monoisotopic (exact) mass is 245 g/mol. The van der Waals surface area contributed by atoms with Gasteiger partial charge in [-0.1, -0.05) is 50.1 Å². The van der Waals surface area contributed by atoms with E-state index in [0.29, 0.717) is 12.2 Å². The molecule has 0 amide bonds. The third kappa shape index (κ3) is 3.17. The number of nitrogens with zero attached hydrogens (tertiary/aromatic N) is 2. The van der Waals surface area contributed by atoms with Crippen molar-refractivity contribution in [2.75, 3.05) is 13.1 Å². The van der Waals surface area contributed by atoms with Gasteiger partial charge in [0.05, 0.1) is 18.2 Å². The first-order valence-corrected chi connectivity index (χ1v) is 6.16. The van der Waals surface area contributed by atoms with E-state index in [-0.39, 0.29) is 35.8 Å². The molecule has 0 fully saturated rings. The van der Waals surface area contributed by atoms with Crippen LogP contribution in [0.2, 0.25) is 0 Å². The molecule has 0 N–H and O–H groups in total. The Kier molecular flexibility index (Phi) is 2.70. The highest BCUT2D eigenvalue weighted by atomic mass is 15.1. The third-order valence-electron chi connectivity index (χ3n) is 2.84. The third-order valence-corrected chi connectivity index (χ3v) is 2.84. The lowest BCUT2D eigenvalue weighted by atomic mass is 10.1. The molecule has 2 nitrogen and oxygen atoms in total. The minimum absolute atomic E-state index is 0.150. The van der Waals surface area contributed by atoms with Gasteiger partial charge in [-0.05, 0) is 25.2 Å². The smallest absolute Gasteiger partial charge is 0.0705 e. The molecule has 2 heteroatoms. The maximum atomic E-state index is 8.03. The fourth-order valence-corrected chi connectivity index (χ4v) is 1.76. The maximum Gasteiger partial charge on any atom is 0.0705 e. The Labute approximate surface area is 116 Å². The van der Waals surface area contributed by atoms with Crippen molar-refractivity contribution in [2.45, 2.75) is 20.4 Å². The van der Waals surface area contributed by atoms with E-state index in [1.54, 1.807) is 6.07 Å². The summed E-state index contributed by atoms with van der Waals surface area (Å²) in [5.41, 5.74) is 1.38. The highest BCUT2D eigenvalue weighted by Crippen LogP contribution is 2.16. The molecular weight excluding hydrogens is 220 g/mol. The minimum atomic E-state index is -0.386. The van der Waals surface area contributed by atoms with E-state index in [9.17, 15) is 0 Å². The number of rotatable bonds is 5. The molecule has 0 aliphatic heterocycles. The first-order valence-electron chi connectivity index (χ1n) is 8.66. The second kappa shape index (κ2) is 6.31. The van der Waals surface area contributed by atoms with Crippen molar-refractivity contribution in [3.63, 3.8) is 0 Å². The van der Waals surface area contributed by atoms with Gasteiger partial charge in [0.1, 0.15) is 0 Å². The molecule has 2 aromatic rings. The highest BCUT2D eigenvalue weighted by molar-refractivity contribution is 5.58. The minimum Gasteiger partial charge on any atom is -0.298 e. The van der Waals surface area contributed by atoms with Crippen LogP contribution in [0, 0.1) is 0 Å². The Morgan fingerprint density at radius 1 is 1.11 bits per heavy atom. The van der Waals surface area contributed by atoms with Crippen molar-refractivity contribution in [1.82, 2.24) is 9.88 Å². The fourth-order valence-electron chi connectivity index (χ4n) is 1.76. The molecule has 0 saturated heterocycles. The molecule has 0 bridgehead atoms. The van der Waals surface area contributed by atoms with Crippen molar-refractivity contribution in [3.05, 3.63) is 54.1 Å². The summed E-state index contributed by atoms with van der Waals surface area (Å²) >= 11 is 0. The van der Waals surface area contributed by atoms with E-state index in [1.807, 2.05) is 12.1 Å². The summed E-state index contributed by atoms with van der Waals surface area (Å²) in [6.45, 7) is 6.61. The standard InChI is InChI=1S/C16H20N2/c1-3-18(4-2)13-15-11-8-12-16(17-15)14-9-6-5-7-10-14/h5-12H,3-4,13H2,1-2H3/i5D,6D,7D,9D,10D. The molecule has 0 saturated carbocycles. The van der Waals surface area contributed by atoms with Crippen LogP contribution >= 0.6 is 0 Å². The topological polar surface area (TPSA) is 16.1 Å². The van der Waals surface area contributed by atoms with Gasteiger partial charge in [0.15, 0.2) is 0 Å². The lowest BCUT2D eigenvalue weighted by molar-refractivity contribution is 0.292. The van der Waals surface area contributed by atoms with Crippen LogP contribution < -0.4 is 0 Å². The zero-order valence-electron chi connectivity index (χ0n) is 15.7. The normalized spacial score (nSPS) is 14.7. The molecule has 1 aromatic heterocycles. The molecule has 0 spiro atoms. The van der Waals surface area contributed by atoms with Crippen LogP contribution in [0.3, 0.4) is 0 Å². The Morgan fingerprint density at radius 3 is 2.50 bits per heavy atom. The summed E-state index contributed by atoms with van der Waals surface area (Å²) < 4.78 is 39.3. The van der Waals surface area contributed by atoms with E-state index < -0.39 is 0 Å². The van der Waals surface area contributed by atoms with Gasteiger partial charge in [-0.3, -0.25) is 9.88 Å². The molecule has 0 aliphatic carbocycles. The molecular formula is C16H20N2. The quantitative estimate of drug-likeness (QED) is 0.800. The molecule has 0 unspecified atom stereocenters. The lowest BCUT2D eigenvalue weighted by Crippen LogP contribution is -2.22. The summed E-state index contributed by atoms with van der Waals surface area (Å²) in [7, 11) is 0. The SMILES string of the molecule is [2H]c1c([2H])c([2H])c(-c2cccc(CN(CC)CC)n2)c([2H])c1[2H]. The Balaban J connectivity index is 2.52. The van der Waals surface area contributed by atoms with Crippen molar-refractivity contribution in [3.8, 4) is 11.3 Å². The van der Waals surface area contributed by atoms with Crippen LogP contribution in [0.15, 0.2) is 48.4 Å². The summed E-state index contributed by atoms with van der Waals surface area (Å²) in [4.78, 5) is 6.71. The van der Waals surface area contributed by atoms with Crippen molar-refractivity contribution >= 4 is 0 Å². The van der Waals surface area contributed by atoms with E-state index in [0.717, 1.165) is 18.8 Å². The zero-order valence-corrected chi connectivity index (χ0v) is 10.7. The highest BCUT2D eigenvalue weighted by Gasteiger charge is 2.04. The Morgan fingerprint density at radius 2 is 1.83 bits per heavy atom. The number of hydrogen-bond donors (Lipinski definition) is 0. The van der Waals surface area contributed by atoms with Gasteiger partial charge in [-0.2, -0.15) is 0 Å². The van der Waals surface area contributed by atoms with Gasteiger partial charge in [0, 0.05) is 12.1 Å². The van der Waals surface area contributed by atoms with Gasteiger partial charge in [-0.25, -0.2) is 0 Å². The van der Waals surface area contributed by atoms with E-state index in [1.165, 1.54) is 0 Å².